The first-order valence-electron chi connectivity index (χ1n) is 4.18. The van der Waals surface area contributed by atoms with Gasteiger partial charge in [-0.2, -0.15) is 0 Å². The van der Waals surface area contributed by atoms with E-state index in [-0.39, 0.29) is 0 Å². The van der Waals surface area contributed by atoms with Crippen LogP contribution in [0.4, 0.5) is 0 Å². The Labute approximate surface area is 105 Å². The van der Waals surface area contributed by atoms with E-state index in [4.69, 9.17) is 0 Å². The first-order valence-corrected chi connectivity index (χ1v) is 39.7. The van der Waals surface area contributed by atoms with Crippen LogP contribution in [0.2, 0.25) is 18.4 Å². The van der Waals surface area contributed by atoms with Crippen molar-refractivity contribution >= 4 is 68.1 Å². The molecule has 0 aliphatic rings. The van der Waals surface area contributed by atoms with Gasteiger partial charge in [-0.05, 0) is 0 Å². The summed E-state index contributed by atoms with van der Waals surface area (Å²) in [7, 11) is 0. The van der Waals surface area contributed by atoms with Crippen molar-refractivity contribution in [1.29, 1.82) is 0 Å². The summed E-state index contributed by atoms with van der Waals surface area (Å²) in [4.78, 5) is 2.35. The predicted octanol–water partition coefficient (Wildman–Crippen LogP) is 6.13. The van der Waals surface area contributed by atoms with Crippen molar-refractivity contribution in [3.63, 3.8) is 0 Å². The van der Waals surface area contributed by atoms with Gasteiger partial charge >= 0.3 is 107 Å². The van der Waals surface area contributed by atoms with Crippen molar-refractivity contribution < 1.29 is 0 Å². The number of halogens is 4. The normalized spacial score (nSPS) is 20.6. The first-order chi connectivity index (χ1) is 5.43. The molecule has 0 amide bonds. The van der Waals surface area contributed by atoms with Crippen LogP contribution in [0.25, 0.3) is 0 Å². The molecule has 0 heterocycles. The maximum absolute atomic E-state index is 4.01. The molecule has 0 aromatic rings. The van der Waals surface area contributed by atoms with Crippen LogP contribution in [-0.4, -0.2) is 17.1 Å². The number of hydrogen-bond donors (Lipinski definition) is 0. The second kappa shape index (κ2) is 4.31. The molecule has 13 heavy (non-hydrogen) atoms. The molecule has 0 nitrogen and oxygen atoms in total. The fourth-order valence-corrected chi connectivity index (χ4v) is 145. The van der Waals surface area contributed by atoms with Crippen LogP contribution < -0.4 is 0 Å². The summed E-state index contributed by atoms with van der Waals surface area (Å²) in [5, 5.41) is 0. The van der Waals surface area contributed by atoms with Crippen molar-refractivity contribution in [2.45, 2.75) is 39.1 Å². The molecule has 0 N–H and O–H groups in total. The van der Waals surface area contributed by atoms with Crippen LogP contribution in [0.1, 0.15) is 20.8 Å². The second-order valence-electron chi connectivity index (χ2n) is 3.22. The molecule has 6 heteroatoms. The molecule has 0 saturated carbocycles. The van der Waals surface area contributed by atoms with Crippen LogP contribution in [0.5, 0.6) is 0 Å². The van der Waals surface area contributed by atoms with Crippen molar-refractivity contribution in [1.82, 2.24) is 0 Å². The first kappa shape index (κ1) is 16.5. The van der Waals surface area contributed by atoms with Crippen molar-refractivity contribution in [2.75, 3.05) is 0 Å². The van der Waals surface area contributed by atoms with E-state index >= 15 is 0 Å². The van der Waals surface area contributed by atoms with E-state index in [0.29, 0.717) is 0 Å². The summed E-state index contributed by atoms with van der Waals surface area (Å²) >= 11 is 14.2. The fourth-order valence-electron chi connectivity index (χ4n) is 1.50. The van der Waals surface area contributed by atoms with E-state index in [1.807, 2.05) is 0 Å². The quantitative estimate of drug-likeness (QED) is 0.315. The third kappa shape index (κ3) is 3.73. The monoisotopic (exact) mass is 678 g/mol. The summed E-state index contributed by atoms with van der Waals surface area (Å²) in [6.07, 6.45) is 0. The molecule has 0 aliphatic carbocycles. The van der Waals surface area contributed by atoms with Gasteiger partial charge in [-0.25, -0.2) is 0 Å². The maximum atomic E-state index is 4.01. The summed E-state index contributed by atoms with van der Waals surface area (Å²) in [5.74, 6) is 0. The van der Waals surface area contributed by atoms with E-state index in [0.717, 1.165) is 0 Å². The predicted molar refractivity (Wildman–Crippen MR) is 84.5 cm³/mol. The van der Waals surface area contributed by atoms with Crippen LogP contribution in [0.15, 0.2) is 0 Å². The molecule has 0 spiro atoms. The molecule has 0 unspecified atom stereocenters. The number of rotatable bonds is 4. The van der Waals surface area contributed by atoms with E-state index < -0.39 is 17.1 Å². The Kier molecular flexibility index (Phi) is 5.47. The summed E-state index contributed by atoms with van der Waals surface area (Å²) in [6, 6.07) is 0. The molecular formula is C7H18Br4Te2. The third-order valence-corrected chi connectivity index (χ3v) is 165. The molecule has 0 bridgehead atoms. The van der Waals surface area contributed by atoms with Gasteiger partial charge in [-0.15, -0.1) is 0 Å². The number of hydrogen-bond acceptors (Lipinski definition) is 0. The molecule has 0 fully saturated rings. The molecule has 0 atom stereocenters. The molecule has 0 aromatic carbocycles. The molecule has 86 valence electrons. The Morgan fingerprint density at radius 2 is 1.08 bits per heavy atom. The Morgan fingerprint density at radius 3 is 1.08 bits per heavy atom. The molecule has 0 radical (unpaired) electrons. The van der Waals surface area contributed by atoms with Crippen LogP contribution in [-0.2, 0) is 0 Å². The Morgan fingerprint density at radius 1 is 0.846 bits per heavy atom. The Hall–Kier alpha value is 3.50. The van der Waals surface area contributed by atoms with Crippen LogP contribution >= 0.6 is 51.0 Å². The minimum atomic E-state index is -3.26. The van der Waals surface area contributed by atoms with Gasteiger partial charge in [0.25, 0.3) is 0 Å². The zero-order valence-electron chi connectivity index (χ0n) is 8.45. The van der Waals surface area contributed by atoms with Crippen molar-refractivity contribution in [3.8, 4) is 0 Å². The van der Waals surface area contributed by atoms with Crippen molar-refractivity contribution in [3.05, 3.63) is 0 Å². The van der Waals surface area contributed by atoms with Gasteiger partial charge in [0, 0.05) is 0 Å². The van der Waals surface area contributed by atoms with E-state index in [1.54, 1.807) is 0 Å². The molecule has 0 rings (SSSR count). The average Bonchev–Trinajstić information content (AvgIpc) is 1.86. The van der Waals surface area contributed by atoms with Gasteiger partial charge in [0.05, 0.1) is 0 Å². The van der Waals surface area contributed by atoms with Crippen LogP contribution in [0, 0.1) is 0 Å². The van der Waals surface area contributed by atoms with E-state index in [2.05, 4.69) is 76.8 Å². The summed E-state index contributed by atoms with van der Waals surface area (Å²) in [6.45, 7) is 7.02. The van der Waals surface area contributed by atoms with Crippen molar-refractivity contribution in [2.24, 2.45) is 0 Å². The van der Waals surface area contributed by atoms with Gasteiger partial charge in [0.2, 0.25) is 0 Å². The molecule has 0 aromatic heterocycles. The van der Waals surface area contributed by atoms with Gasteiger partial charge in [0.1, 0.15) is 0 Å². The fraction of sp³-hybridized carbons (Fsp3) is 1.00. The van der Waals surface area contributed by atoms with Gasteiger partial charge in [-0.1, -0.05) is 0 Å². The third-order valence-electron chi connectivity index (χ3n) is 2.47. The molecule has 0 saturated heterocycles. The zero-order chi connectivity index (χ0) is 11.0. The van der Waals surface area contributed by atoms with Gasteiger partial charge in [-0.3, -0.25) is 0 Å². The average molecular weight is 677 g/mol. The van der Waals surface area contributed by atoms with E-state index in [1.165, 1.54) is 13.4 Å². The van der Waals surface area contributed by atoms with Gasteiger partial charge < -0.3 is 0 Å². The topological polar surface area (TPSA) is 0 Å². The summed E-state index contributed by atoms with van der Waals surface area (Å²) < 4.78 is 0.794. The Bertz CT molecular complexity index is 179. The SMILES string of the molecule is CC[Te](CC)(CC)[Te](C)(Br)(Br)(Br)Br. The summed E-state index contributed by atoms with van der Waals surface area (Å²) in [5.41, 5.74) is 0. The Balaban J connectivity index is 5.45. The van der Waals surface area contributed by atoms with E-state index in [9.17, 15) is 0 Å². The standard InChI is InChI=1S/C7H18Br4Te2/c1-5-12(6-2,7-3)13(4,8,9,10)11/h5-7H2,1-4H3. The minimum absolute atomic E-state index is 1.35. The van der Waals surface area contributed by atoms with Crippen LogP contribution in [0.3, 0.4) is 0 Å². The molecular weight excluding hydrogens is 659 g/mol. The van der Waals surface area contributed by atoms with Gasteiger partial charge in [0.15, 0.2) is 0 Å². The second-order valence-corrected chi connectivity index (χ2v) is 177. The zero-order valence-corrected chi connectivity index (χ0v) is 19.5. The molecule has 0 aliphatic heterocycles.